The second kappa shape index (κ2) is 9.99. The van der Waals surface area contributed by atoms with Gasteiger partial charge in [0, 0.05) is 6.54 Å². The molecular weight excluding hydrogens is 234 g/mol. The Kier molecular flexibility index (Phi) is 8.52. The Balaban J connectivity index is 1.96. The standard InChI is InChI=1S/C17H29NO/c1-15(2)10-6-3-4-9-13-18-14-17(19)16-11-7-5-8-12-16/h5,7-8,11-12,15,17-19H,3-4,6,9-10,13-14H2,1-2H3. The predicted molar refractivity (Wildman–Crippen MR) is 82.2 cm³/mol. The molecule has 1 unspecified atom stereocenters. The highest BCUT2D eigenvalue weighted by Crippen LogP contribution is 2.11. The molecule has 2 nitrogen and oxygen atoms in total. The van der Waals surface area contributed by atoms with Crippen molar-refractivity contribution in [1.29, 1.82) is 0 Å². The van der Waals surface area contributed by atoms with Gasteiger partial charge in [0.2, 0.25) is 0 Å². The Hall–Kier alpha value is -0.860. The first-order valence-electron chi connectivity index (χ1n) is 7.64. The zero-order chi connectivity index (χ0) is 13.9. The smallest absolute Gasteiger partial charge is 0.0914 e. The second-order valence-electron chi connectivity index (χ2n) is 5.73. The predicted octanol–water partition coefficient (Wildman–Crippen LogP) is 3.92. The van der Waals surface area contributed by atoms with Gasteiger partial charge in [-0.1, -0.05) is 69.9 Å². The zero-order valence-electron chi connectivity index (χ0n) is 12.4. The zero-order valence-corrected chi connectivity index (χ0v) is 12.4. The van der Waals surface area contributed by atoms with Crippen LogP contribution in [0.1, 0.15) is 57.6 Å². The quantitative estimate of drug-likeness (QED) is 0.627. The van der Waals surface area contributed by atoms with Gasteiger partial charge in [-0.3, -0.25) is 0 Å². The molecule has 0 heterocycles. The lowest BCUT2D eigenvalue weighted by atomic mass is 10.0. The fraction of sp³-hybridized carbons (Fsp3) is 0.647. The highest BCUT2D eigenvalue weighted by atomic mass is 16.3. The average molecular weight is 263 g/mol. The van der Waals surface area contributed by atoms with Crippen LogP contribution in [0.4, 0.5) is 0 Å². The molecule has 0 spiro atoms. The fourth-order valence-corrected chi connectivity index (χ4v) is 2.19. The Morgan fingerprint density at radius 3 is 2.37 bits per heavy atom. The number of nitrogens with one attached hydrogen (secondary N) is 1. The highest BCUT2D eigenvalue weighted by Gasteiger charge is 2.05. The molecule has 1 aromatic rings. The minimum atomic E-state index is -0.387. The minimum Gasteiger partial charge on any atom is -0.387 e. The lowest BCUT2D eigenvalue weighted by molar-refractivity contribution is 0.174. The van der Waals surface area contributed by atoms with E-state index in [1.165, 1.54) is 32.1 Å². The van der Waals surface area contributed by atoms with Crippen LogP contribution >= 0.6 is 0 Å². The van der Waals surface area contributed by atoms with E-state index < -0.39 is 0 Å². The first-order chi connectivity index (χ1) is 9.20. The summed E-state index contributed by atoms with van der Waals surface area (Å²) in [5.41, 5.74) is 0.993. The average Bonchev–Trinajstić information content (AvgIpc) is 2.42. The molecule has 0 bridgehead atoms. The van der Waals surface area contributed by atoms with Crippen LogP contribution in [0.25, 0.3) is 0 Å². The molecule has 1 rings (SSSR count). The summed E-state index contributed by atoms with van der Waals surface area (Å²) in [7, 11) is 0. The molecule has 0 aromatic heterocycles. The summed E-state index contributed by atoms with van der Waals surface area (Å²) in [6.45, 7) is 6.22. The third-order valence-electron chi connectivity index (χ3n) is 3.41. The molecule has 1 atom stereocenters. The van der Waals surface area contributed by atoms with Crippen molar-refractivity contribution in [3.63, 3.8) is 0 Å². The monoisotopic (exact) mass is 263 g/mol. The van der Waals surface area contributed by atoms with Crippen LogP contribution < -0.4 is 5.32 Å². The molecule has 0 saturated carbocycles. The Labute approximate surface area is 118 Å². The van der Waals surface area contributed by atoms with E-state index in [2.05, 4.69) is 19.2 Å². The first kappa shape index (κ1) is 16.2. The molecule has 0 fully saturated rings. The number of hydrogen-bond acceptors (Lipinski definition) is 2. The van der Waals surface area contributed by atoms with Crippen LogP contribution in [0, 0.1) is 5.92 Å². The van der Waals surface area contributed by atoms with Gasteiger partial charge in [-0.25, -0.2) is 0 Å². The molecule has 2 N–H and O–H groups in total. The van der Waals surface area contributed by atoms with Crippen molar-refractivity contribution in [3.05, 3.63) is 35.9 Å². The van der Waals surface area contributed by atoms with Gasteiger partial charge in [0.25, 0.3) is 0 Å². The summed E-state index contributed by atoms with van der Waals surface area (Å²) < 4.78 is 0. The molecular formula is C17H29NO. The van der Waals surface area contributed by atoms with Crippen molar-refractivity contribution in [3.8, 4) is 0 Å². The molecule has 0 saturated heterocycles. The Bertz CT molecular complexity index is 310. The first-order valence-corrected chi connectivity index (χ1v) is 7.64. The number of benzene rings is 1. The normalized spacial score (nSPS) is 12.8. The molecule has 0 aliphatic carbocycles. The van der Waals surface area contributed by atoms with Gasteiger partial charge in [0.05, 0.1) is 6.10 Å². The van der Waals surface area contributed by atoms with Crippen LogP contribution in [-0.2, 0) is 0 Å². The van der Waals surface area contributed by atoms with Crippen molar-refractivity contribution in [2.45, 2.75) is 52.1 Å². The third kappa shape index (κ3) is 8.02. The fourth-order valence-electron chi connectivity index (χ4n) is 2.19. The van der Waals surface area contributed by atoms with Crippen LogP contribution in [0.5, 0.6) is 0 Å². The van der Waals surface area contributed by atoms with Gasteiger partial charge in [-0.2, -0.15) is 0 Å². The number of rotatable bonds is 10. The number of aliphatic hydroxyl groups is 1. The van der Waals surface area contributed by atoms with Crippen molar-refractivity contribution < 1.29 is 5.11 Å². The summed E-state index contributed by atoms with van der Waals surface area (Å²) in [5, 5.41) is 13.3. The topological polar surface area (TPSA) is 32.3 Å². The van der Waals surface area contributed by atoms with Gasteiger partial charge in [-0.15, -0.1) is 0 Å². The Morgan fingerprint density at radius 2 is 1.68 bits per heavy atom. The summed E-state index contributed by atoms with van der Waals surface area (Å²) >= 11 is 0. The lowest BCUT2D eigenvalue weighted by Gasteiger charge is -2.12. The summed E-state index contributed by atoms with van der Waals surface area (Å²) in [5.74, 6) is 0.833. The van der Waals surface area contributed by atoms with E-state index in [4.69, 9.17) is 0 Å². The summed E-state index contributed by atoms with van der Waals surface area (Å²) in [4.78, 5) is 0. The van der Waals surface area contributed by atoms with E-state index >= 15 is 0 Å². The van der Waals surface area contributed by atoms with Gasteiger partial charge >= 0.3 is 0 Å². The van der Waals surface area contributed by atoms with Crippen LogP contribution in [0.3, 0.4) is 0 Å². The molecule has 2 heteroatoms. The molecule has 0 aliphatic heterocycles. The molecule has 0 amide bonds. The van der Waals surface area contributed by atoms with E-state index in [1.54, 1.807) is 0 Å². The second-order valence-corrected chi connectivity index (χ2v) is 5.73. The van der Waals surface area contributed by atoms with E-state index in [0.29, 0.717) is 6.54 Å². The number of hydrogen-bond donors (Lipinski definition) is 2. The van der Waals surface area contributed by atoms with Gasteiger partial charge < -0.3 is 10.4 Å². The van der Waals surface area contributed by atoms with Gasteiger partial charge in [0.1, 0.15) is 0 Å². The maximum Gasteiger partial charge on any atom is 0.0914 e. The van der Waals surface area contributed by atoms with E-state index in [-0.39, 0.29) is 6.10 Å². The molecule has 19 heavy (non-hydrogen) atoms. The number of aliphatic hydroxyl groups excluding tert-OH is 1. The highest BCUT2D eigenvalue weighted by molar-refractivity contribution is 5.17. The van der Waals surface area contributed by atoms with Crippen molar-refractivity contribution >= 4 is 0 Å². The minimum absolute atomic E-state index is 0.387. The molecule has 1 aromatic carbocycles. The van der Waals surface area contributed by atoms with E-state index in [9.17, 15) is 5.11 Å². The van der Waals surface area contributed by atoms with Crippen LogP contribution in [-0.4, -0.2) is 18.2 Å². The molecule has 108 valence electrons. The maximum atomic E-state index is 9.96. The van der Waals surface area contributed by atoms with Crippen LogP contribution in [0.15, 0.2) is 30.3 Å². The summed E-state index contributed by atoms with van der Waals surface area (Å²) in [6.07, 6.45) is 6.15. The third-order valence-corrected chi connectivity index (χ3v) is 3.41. The Morgan fingerprint density at radius 1 is 1.00 bits per heavy atom. The number of unbranched alkanes of at least 4 members (excludes halogenated alkanes) is 3. The van der Waals surface area contributed by atoms with Crippen LogP contribution in [0.2, 0.25) is 0 Å². The van der Waals surface area contributed by atoms with Gasteiger partial charge in [0.15, 0.2) is 0 Å². The van der Waals surface area contributed by atoms with Crippen molar-refractivity contribution in [1.82, 2.24) is 5.32 Å². The SMILES string of the molecule is CC(C)CCCCCCNCC(O)c1ccccc1. The molecule has 0 aliphatic rings. The lowest BCUT2D eigenvalue weighted by Crippen LogP contribution is -2.22. The maximum absolute atomic E-state index is 9.96. The van der Waals surface area contributed by atoms with E-state index in [1.807, 2.05) is 30.3 Å². The van der Waals surface area contributed by atoms with E-state index in [0.717, 1.165) is 18.0 Å². The van der Waals surface area contributed by atoms with Crippen molar-refractivity contribution in [2.75, 3.05) is 13.1 Å². The largest absolute Gasteiger partial charge is 0.387 e. The summed E-state index contributed by atoms with van der Waals surface area (Å²) in [6, 6.07) is 9.85. The molecule has 0 radical (unpaired) electrons. The van der Waals surface area contributed by atoms with Crippen molar-refractivity contribution in [2.24, 2.45) is 5.92 Å². The van der Waals surface area contributed by atoms with Gasteiger partial charge in [-0.05, 0) is 24.4 Å².